The van der Waals surface area contributed by atoms with Crippen LogP contribution in [0.2, 0.25) is 0 Å². The summed E-state index contributed by atoms with van der Waals surface area (Å²) in [7, 11) is 4.81. The minimum Gasteiger partial charge on any atom is -0.496 e. The van der Waals surface area contributed by atoms with E-state index in [2.05, 4.69) is 26.6 Å². The summed E-state index contributed by atoms with van der Waals surface area (Å²) in [5.41, 5.74) is 1.97. The lowest BCUT2D eigenvalue weighted by Gasteiger charge is -2.32. The van der Waals surface area contributed by atoms with E-state index < -0.39 is 18.1 Å². The van der Waals surface area contributed by atoms with Crippen molar-refractivity contribution >= 4 is 68.2 Å². The summed E-state index contributed by atoms with van der Waals surface area (Å²) < 4.78 is 11.8. The zero-order valence-electron chi connectivity index (χ0n) is 23.8. The second-order valence-electron chi connectivity index (χ2n) is 9.77. The second-order valence-corrected chi connectivity index (χ2v) is 10.7. The molecule has 11 heteroatoms. The Morgan fingerprint density at radius 2 is 1.78 bits per heavy atom. The average Bonchev–Trinajstić information content (AvgIpc) is 3.04. The van der Waals surface area contributed by atoms with Gasteiger partial charge in [-0.15, -0.1) is 12.4 Å². The normalized spacial score (nSPS) is 17.4. The third-order valence-corrected chi connectivity index (χ3v) is 7.85. The summed E-state index contributed by atoms with van der Waals surface area (Å²) >= 11 is 3.54. The molecule has 4 rings (SSSR count). The molecular formula is C30H36BrClN4O5. The highest BCUT2D eigenvalue weighted by atomic mass is 79.9. The number of carbonyl (C=O) groups is 3. The Bertz CT molecular complexity index is 1420. The van der Waals surface area contributed by atoms with Crippen molar-refractivity contribution in [2.45, 2.75) is 44.9 Å². The number of anilines is 2. The monoisotopic (exact) mass is 646 g/mol. The fraction of sp³-hybridized carbons (Fsp3) is 0.367. The van der Waals surface area contributed by atoms with Crippen molar-refractivity contribution in [2.75, 3.05) is 37.7 Å². The maximum atomic E-state index is 14.4. The number of nitrogens with one attached hydrogen (secondary N) is 2. The number of amides is 3. The van der Waals surface area contributed by atoms with Gasteiger partial charge in [0.05, 0.1) is 50.1 Å². The van der Waals surface area contributed by atoms with Gasteiger partial charge in [-0.05, 0) is 62.0 Å². The van der Waals surface area contributed by atoms with E-state index in [-0.39, 0.29) is 49.7 Å². The summed E-state index contributed by atoms with van der Waals surface area (Å²) in [6, 6.07) is 14.9. The molecule has 0 fully saturated rings. The zero-order valence-corrected chi connectivity index (χ0v) is 26.2. The molecule has 220 valence electrons. The molecule has 0 aliphatic carbocycles. The van der Waals surface area contributed by atoms with Crippen LogP contribution in [-0.2, 0) is 25.7 Å². The van der Waals surface area contributed by atoms with E-state index in [1.54, 1.807) is 37.8 Å². The SMILES string of the molecule is CNC(C)C(=O)N[C@@H]1C(=O)N(Cc2c(OC)ccc3cc(Br)ccc23)c2ccccc2N(C(=O)CCOC)[C@H]1C.Cl. The maximum absolute atomic E-state index is 14.4. The van der Waals surface area contributed by atoms with Crippen molar-refractivity contribution in [1.29, 1.82) is 0 Å². The van der Waals surface area contributed by atoms with Crippen LogP contribution in [0.5, 0.6) is 5.75 Å². The molecule has 1 aliphatic rings. The summed E-state index contributed by atoms with van der Waals surface area (Å²) in [6.45, 7) is 3.90. The summed E-state index contributed by atoms with van der Waals surface area (Å²) in [5.74, 6) is -0.231. The first-order chi connectivity index (χ1) is 19.2. The number of hydrogen-bond donors (Lipinski definition) is 2. The first-order valence-corrected chi connectivity index (χ1v) is 13.9. The van der Waals surface area contributed by atoms with Crippen LogP contribution in [0.4, 0.5) is 11.4 Å². The summed E-state index contributed by atoms with van der Waals surface area (Å²) in [4.78, 5) is 44.3. The second kappa shape index (κ2) is 14.1. The molecule has 0 saturated heterocycles. The lowest BCUT2D eigenvalue weighted by atomic mass is 10.0. The van der Waals surface area contributed by atoms with Gasteiger partial charge in [-0.1, -0.05) is 40.2 Å². The van der Waals surface area contributed by atoms with Crippen LogP contribution in [0.1, 0.15) is 25.8 Å². The number of carbonyl (C=O) groups excluding carboxylic acids is 3. The molecule has 0 radical (unpaired) electrons. The zero-order chi connectivity index (χ0) is 29.0. The van der Waals surface area contributed by atoms with Gasteiger partial charge < -0.3 is 29.9 Å². The quantitative estimate of drug-likeness (QED) is 0.357. The van der Waals surface area contributed by atoms with Gasteiger partial charge in [-0.3, -0.25) is 14.4 Å². The molecular weight excluding hydrogens is 612 g/mol. The number of rotatable bonds is 9. The van der Waals surface area contributed by atoms with Crippen molar-refractivity contribution in [3.8, 4) is 5.75 Å². The number of hydrogen-bond acceptors (Lipinski definition) is 6. The van der Waals surface area contributed by atoms with Crippen LogP contribution in [0.15, 0.2) is 59.1 Å². The summed E-state index contributed by atoms with van der Waals surface area (Å²) in [6.07, 6.45) is 0.128. The first-order valence-electron chi connectivity index (χ1n) is 13.2. The number of methoxy groups -OCH3 is 2. The molecule has 1 aliphatic heterocycles. The topological polar surface area (TPSA) is 100 Å². The van der Waals surface area contributed by atoms with Crippen molar-refractivity contribution in [1.82, 2.24) is 10.6 Å². The fourth-order valence-electron chi connectivity index (χ4n) is 5.04. The van der Waals surface area contributed by atoms with E-state index in [4.69, 9.17) is 9.47 Å². The van der Waals surface area contributed by atoms with Crippen LogP contribution in [0, 0.1) is 0 Å². The van der Waals surface area contributed by atoms with Crippen LogP contribution in [0.25, 0.3) is 10.8 Å². The highest BCUT2D eigenvalue weighted by Gasteiger charge is 2.42. The number of halogens is 2. The van der Waals surface area contributed by atoms with E-state index in [0.29, 0.717) is 17.1 Å². The minimum atomic E-state index is -1.00. The van der Waals surface area contributed by atoms with Crippen molar-refractivity contribution in [3.05, 3.63) is 64.6 Å². The van der Waals surface area contributed by atoms with Gasteiger partial charge in [0.2, 0.25) is 11.8 Å². The minimum absolute atomic E-state index is 0. The largest absolute Gasteiger partial charge is 0.496 e. The standard InChI is InChI=1S/C30H35BrN4O5.ClH/c1-18(32-3)29(37)33-28-19(2)35(27(36)14-15-39-4)25-9-7-6-8-24(25)34(30(28)38)17-23-22-12-11-21(31)16-20(22)10-13-26(23)40-5;/h6-13,16,18-19,28,32H,14-15,17H2,1-5H3,(H,33,37);1H/t18?,19-,28-;/m0./s1. The Morgan fingerprint density at radius 3 is 2.44 bits per heavy atom. The molecule has 3 aromatic carbocycles. The molecule has 0 aromatic heterocycles. The van der Waals surface area contributed by atoms with Crippen LogP contribution >= 0.6 is 28.3 Å². The van der Waals surface area contributed by atoms with Crippen LogP contribution in [0.3, 0.4) is 0 Å². The molecule has 41 heavy (non-hydrogen) atoms. The number of nitrogens with zero attached hydrogens (tertiary/aromatic N) is 2. The Labute approximate surface area is 255 Å². The van der Waals surface area contributed by atoms with Gasteiger partial charge in [0.1, 0.15) is 11.8 Å². The fourth-order valence-corrected chi connectivity index (χ4v) is 5.42. The number of benzene rings is 3. The van der Waals surface area contributed by atoms with Gasteiger partial charge in [0.25, 0.3) is 5.91 Å². The Kier molecular flexibility index (Phi) is 11.1. The number of ether oxygens (including phenoxy) is 2. The number of likely N-dealkylation sites (N-methyl/N-ethyl adjacent to an activating group) is 1. The molecule has 2 N–H and O–H groups in total. The molecule has 3 amide bonds. The first kappa shape index (κ1) is 32.3. The van der Waals surface area contributed by atoms with Gasteiger partial charge >= 0.3 is 0 Å². The molecule has 0 spiro atoms. The highest BCUT2D eigenvalue weighted by Crippen LogP contribution is 2.39. The molecule has 9 nitrogen and oxygen atoms in total. The average molecular weight is 648 g/mol. The molecule has 3 atom stereocenters. The lowest BCUT2D eigenvalue weighted by molar-refractivity contribution is -0.129. The predicted octanol–water partition coefficient (Wildman–Crippen LogP) is 4.43. The maximum Gasteiger partial charge on any atom is 0.252 e. The third-order valence-electron chi connectivity index (χ3n) is 7.35. The van der Waals surface area contributed by atoms with E-state index >= 15 is 0 Å². The van der Waals surface area contributed by atoms with Gasteiger partial charge in [-0.2, -0.15) is 0 Å². The molecule has 3 aromatic rings. The van der Waals surface area contributed by atoms with Crippen LogP contribution in [-0.4, -0.2) is 63.7 Å². The van der Waals surface area contributed by atoms with E-state index in [0.717, 1.165) is 20.8 Å². The Morgan fingerprint density at radius 1 is 1.07 bits per heavy atom. The van der Waals surface area contributed by atoms with Gasteiger partial charge in [0, 0.05) is 17.1 Å². The molecule has 0 saturated carbocycles. The highest BCUT2D eigenvalue weighted by molar-refractivity contribution is 9.10. The van der Waals surface area contributed by atoms with Crippen molar-refractivity contribution in [2.24, 2.45) is 0 Å². The molecule has 0 bridgehead atoms. The Hall–Kier alpha value is -3.18. The van der Waals surface area contributed by atoms with Gasteiger partial charge in [-0.25, -0.2) is 0 Å². The molecule has 1 heterocycles. The van der Waals surface area contributed by atoms with Crippen LogP contribution < -0.4 is 25.2 Å². The third kappa shape index (κ3) is 6.67. The summed E-state index contributed by atoms with van der Waals surface area (Å²) in [5, 5.41) is 7.75. The number of fused-ring (bicyclic) bond motifs is 2. The number of para-hydroxylation sites is 2. The van der Waals surface area contributed by atoms with E-state index in [1.807, 2.05) is 54.6 Å². The Balaban J connectivity index is 0.00000462. The smallest absolute Gasteiger partial charge is 0.252 e. The predicted molar refractivity (Wildman–Crippen MR) is 167 cm³/mol. The van der Waals surface area contributed by atoms with Gasteiger partial charge in [0.15, 0.2) is 0 Å². The van der Waals surface area contributed by atoms with Crippen molar-refractivity contribution < 1.29 is 23.9 Å². The van der Waals surface area contributed by atoms with E-state index in [9.17, 15) is 14.4 Å². The lowest BCUT2D eigenvalue weighted by Crippen LogP contribution is -2.59. The van der Waals surface area contributed by atoms with Crippen molar-refractivity contribution in [3.63, 3.8) is 0 Å². The molecule has 1 unspecified atom stereocenters. The van der Waals surface area contributed by atoms with E-state index in [1.165, 1.54) is 7.11 Å².